The highest BCUT2D eigenvalue weighted by Gasteiger charge is 2.27. The molecule has 1 amide bonds. The molecule has 0 saturated heterocycles. The predicted octanol–water partition coefficient (Wildman–Crippen LogP) is 0.297. The molecular weight excluding hydrogens is 538 g/mol. The Morgan fingerprint density at radius 3 is 2.07 bits per heavy atom. The molecule has 0 saturated carbocycles. The fourth-order valence-corrected chi connectivity index (χ4v) is 3.82. The highest BCUT2D eigenvalue weighted by atomic mass is 16.4. The van der Waals surface area contributed by atoms with Crippen LogP contribution in [0.5, 0.6) is 0 Å². The van der Waals surface area contributed by atoms with E-state index in [2.05, 4.69) is 10.3 Å². The first-order chi connectivity index (χ1) is 19.2. The minimum atomic E-state index is -1.73. The number of nitrogens with zero attached hydrogens (tertiary/aromatic N) is 2. The average molecular weight is 574 g/mol. The molecule has 13 nitrogen and oxygen atoms in total. The number of carbonyl (C=O) groups excluding carboxylic acids is 1. The summed E-state index contributed by atoms with van der Waals surface area (Å²) in [6.45, 7) is 5.13. The summed E-state index contributed by atoms with van der Waals surface area (Å²) in [6.07, 6.45) is -4.96. The molecule has 0 radical (unpaired) electrons. The van der Waals surface area contributed by atoms with Gasteiger partial charge in [0.1, 0.15) is 18.3 Å². The summed E-state index contributed by atoms with van der Waals surface area (Å²) in [6, 6.07) is 10.0. The molecule has 1 heterocycles. The molecule has 13 heteroatoms. The lowest BCUT2D eigenvalue weighted by Gasteiger charge is -2.23. The number of aliphatic carboxylic acids is 2. The van der Waals surface area contributed by atoms with E-state index in [4.69, 9.17) is 20.1 Å². The van der Waals surface area contributed by atoms with Crippen molar-refractivity contribution < 1.29 is 45.0 Å². The summed E-state index contributed by atoms with van der Waals surface area (Å²) in [5, 5.41) is 58.4. The number of carboxylic acids is 2. The van der Waals surface area contributed by atoms with Gasteiger partial charge >= 0.3 is 5.97 Å². The molecule has 0 aliphatic rings. The fraction of sp³-hybridized carbons (Fsp3) is 0.393. The first-order valence-corrected chi connectivity index (χ1v) is 12.6. The third-order valence-electron chi connectivity index (χ3n) is 6.43. The number of aromatic nitrogens is 2. The maximum Gasteiger partial charge on any atom is 0.310 e. The number of amides is 1. The lowest BCUT2D eigenvalue weighted by Crippen LogP contribution is -2.44. The van der Waals surface area contributed by atoms with Crippen LogP contribution in [0.15, 0.2) is 41.2 Å². The number of aliphatic hydroxyl groups is 4. The number of aryl methyl sites for hydroxylation is 2. The molecule has 0 aliphatic heterocycles. The van der Waals surface area contributed by atoms with Crippen LogP contribution >= 0.6 is 0 Å². The van der Waals surface area contributed by atoms with Crippen molar-refractivity contribution in [1.29, 1.82) is 0 Å². The Morgan fingerprint density at radius 1 is 0.976 bits per heavy atom. The maximum atomic E-state index is 13.3. The molecule has 41 heavy (non-hydrogen) atoms. The van der Waals surface area contributed by atoms with Gasteiger partial charge in [0.05, 0.1) is 30.1 Å². The number of fused-ring (bicyclic) bond motifs is 1. The number of rotatable bonds is 10. The molecular formula is C28H35N3O10. The normalized spacial score (nSPS) is 13.9. The van der Waals surface area contributed by atoms with Gasteiger partial charge in [0.2, 0.25) is 0 Å². The van der Waals surface area contributed by atoms with Crippen LogP contribution in [0.25, 0.3) is 11.0 Å². The summed E-state index contributed by atoms with van der Waals surface area (Å²) < 4.78 is 1.11. The Kier molecular flexibility index (Phi) is 11.7. The number of hydrogen-bond acceptors (Lipinski definition) is 9. The molecule has 1 aromatic heterocycles. The number of carbonyl (C=O) groups is 3. The minimum Gasteiger partial charge on any atom is -0.481 e. The number of hydrogen-bond donors (Lipinski definition) is 7. The van der Waals surface area contributed by atoms with E-state index in [1.165, 1.54) is 0 Å². The lowest BCUT2D eigenvalue weighted by molar-refractivity contribution is -0.138. The SMILES string of the molecule is CC(=O)O.Cc1cc2nc(C(=O)NCc3ccc(C(C)C(=O)O)cc3)c(=O)n(C[C@H](O)[C@H](O)[C@H](O)CO)c2cc1C. The molecule has 2 aromatic carbocycles. The smallest absolute Gasteiger partial charge is 0.310 e. The van der Waals surface area contributed by atoms with Crippen molar-refractivity contribution in [3.05, 3.63) is 74.7 Å². The third-order valence-corrected chi connectivity index (χ3v) is 6.43. The summed E-state index contributed by atoms with van der Waals surface area (Å²) in [4.78, 5) is 50.7. The Labute approximate surface area is 235 Å². The van der Waals surface area contributed by atoms with E-state index in [9.17, 15) is 29.7 Å². The quantitative estimate of drug-likeness (QED) is 0.175. The Morgan fingerprint density at radius 2 is 1.54 bits per heavy atom. The second-order valence-corrected chi connectivity index (χ2v) is 9.61. The van der Waals surface area contributed by atoms with Gasteiger partial charge in [-0.3, -0.25) is 19.2 Å². The number of nitrogens with one attached hydrogen (secondary N) is 1. The number of benzene rings is 2. The van der Waals surface area contributed by atoms with E-state index in [-0.39, 0.29) is 6.54 Å². The van der Waals surface area contributed by atoms with E-state index in [1.54, 1.807) is 43.3 Å². The van der Waals surface area contributed by atoms with Gasteiger partial charge in [-0.25, -0.2) is 4.98 Å². The van der Waals surface area contributed by atoms with Crippen LogP contribution in [0.2, 0.25) is 0 Å². The molecule has 1 unspecified atom stereocenters. The first kappa shape index (κ1) is 33.0. The van der Waals surface area contributed by atoms with Crippen molar-refractivity contribution in [2.24, 2.45) is 0 Å². The molecule has 4 atom stereocenters. The van der Waals surface area contributed by atoms with E-state index >= 15 is 0 Å². The Bertz CT molecular complexity index is 1450. The van der Waals surface area contributed by atoms with Crippen LogP contribution in [-0.2, 0) is 22.7 Å². The second kappa shape index (κ2) is 14.5. The van der Waals surface area contributed by atoms with Crippen LogP contribution < -0.4 is 10.9 Å². The van der Waals surface area contributed by atoms with Crippen molar-refractivity contribution in [3.63, 3.8) is 0 Å². The average Bonchev–Trinajstić information content (AvgIpc) is 2.92. The molecule has 0 fully saturated rings. The van der Waals surface area contributed by atoms with Crippen molar-refractivity contribution >= 4 is 28.9 Å². The van der Waals surface area contributed by atoms with Gasteiger partial charge in [-0.15, -0.1) is 0 Å². The van der Waals surface area contributed by atoms with Gasteiger partial charge in [0, 0.05) is 13.5 Å². The summed E-state index contributed by atoms with van der Waals surface area (Å²) >= 11 is 0. The predicted molar refractivity (Wildman–Crippen MR) is 148 cm³/mol. The highest BCUT2D eigenvalue weighted by molar-refractivity contribution is 5.94. The van der Waals surface area contributed by atoms with Crippen molar-refractivity contribution in [2.45, 2.75) is 65.0 Å². The molecule has 0 bridgehead atoms. The van der Waals surface area contributed by atoms with E-state index in [1.807, 2.05) is 13.8 Å². The van der Waals surface area contributed by atoms with Gasteiger partial charge in [-0.2, -0.15) is 0 Å². The summed E-state index contributed by atoms with van der Waals surface area (Å²) in [5.41, 5.74) is 2.43. The number of carboxylic acid groups (broad SMARTS) is 2. The van der Waals surface area contributed by atoms with Crippen molar-refractivity contribution in [3.8, 4) is 0 Å². The standard InChI is InChI=1S/C26H31N3O8.C2H4O2/c1-13-8-18-19(9-14(13)2)29(11-20(31)23(33)21(32)12-30)25(35)22(28-18)24(34)27-10-16-4-6-17(7-5-16)15(3)26(36)37;1-2(3)4/h4-9,15,20-21,23,30-33H,10-12H2,1-3H3,(H,27,34)(H,36,37);1H3,(H,3,4)/t15?,20-,21+,23-;/m0./s1. The van der Waals surface area contributed by atoms with E-state index in [0.29, 0.717) is 22.2 Å². The van der Waals surface area contributed by atoms with Gasteiger partial charge in [0.25, 0.3) is 17.4 Å². The zero-order valence-corrected chi connectivity index (χ0v) is 23.1. The Hall–Kier alpha value is -4.17. The monoisotopic (exact) mass is 573 g/mol. The summed E-state index contributed by atoms with van der Waals surface area (Å²) in [7, 11) is 0. The van der Waals surface area contributed by atoms with E-state index in [0.717, 1.165) is 22.6 Å². The maximum absolute atomic E-state index is 13.3. The van der Waals surface area contributed by atoms with Gasteiger partial charge < -0.3 is 40.5 Å². The molecule has 0 aliphatic carbocycles. The zero-order valence-electron chi connectivity index (χ0n) is 23.1. The minimum absolute atomic E-state index is 0.0523. The molecule has 3 rings (SSSR count). The van der Waals surface area contributed by atoms with Crippen molar-refractivity contribution in [2.75, 3.05) is 6.61 Å². The largest absolute Gasteiger partial charge is 0.481 e. The zero-order chi connectivity index (χ0) is 31.0. The van der Waals surface area contributed by atoms with Crippen LogP contribution in [0.1, 0.15) is 52.5 Å². The first-order valence-electron chi connectivity index (χ1n) is 12.6. The van der Waals surface area contributed by atoms with Gasteiger partial charge in [-0.05, 0) is 55.2 Å². The third kappa shape index (κ3) is 8.66. The topological polar surface area (TPSA) is 220 Å². The van der Waals surface area contributed by atoms with Crippen molar-refractivity contribution in [1.82, 2.24) is 14.9 Å². The summed E-state index contributed by atoms with van der Waals surface area (Å²) in [5.74, 6) is -3.22. The molecule has 0 spiro atoms. The van der Waals surface area contributed by atoms with Gasteiger partial charge in [0.15, 0.2) is 5.69 Å². The van der Waals surface area contributed by atoms with E-state index < -0.39 is 66.5 Å². The molecule has 7 N–H and O–H groups in total. The van der Waals surface area contributed by atoms with Crippen LogP contribution in [-0.4, -0.2) is 83.0 Å². The van der Waals surface area contributed by atoms with Crippen LogP contribution in [0, 0.1) is 13.8 Å². The highest BCUT2D eigenvalue weighted by Crippen LogP contribution is 2.19. The number of aliphatic hydroxyl groups excluding tert-OH is 4. The fourth-order valence-electron chi connectivity index (χ4n) is 3.82. The van der Waals surface area contributed by atoms with Crippen LogP contribution in [0.3, 0.4) is 0 Å². The lowest BCUT2D eigenvalue weighted by atomic mass is 10.00. The molecule has 222 valence electrons. The van der Waals surface area contributed by atoms with Gasteiger partial charge in [-0.1, -0.05) is 24.3 Å². The second-order valence-electron chi connectivity index (χ2n) is 9.61. The van der Waals surface area contributed by atoms with Crippen LogP contribution in [0.4, 0.5) is 0 Å². The molecule has 3 aromatic rings. The Balaban J connectivity index is 0.00000138.